The lowest BCUT2D eigenvalue weighted by Gasteiger charge is -2.50. The molecule has 25 heavy (non-hydrogen) atoms. The monoisotopic (exact) mass is 350 g/mol. The van der Waals surface area contributed by atoms with E-state index >= 15 is 0 Å². The summed E-state index contributed by atoms with van der Waals surface area (Å²) in [5.41, 5.74) is 0.454. The largest absolute Gasteiger partial charge is 0.493 e. The Labute approximate surface area is 151 Å². The minimum atomic E-state index is -1.15. The summed E-state index contributed by atoms with van der Waals surface area (Å²) >= 11 is 0. The van der Waals surface area contributed by atoms with Crippen molar-refractivity contribution in [1.82, 2.24) is 0 Å². The summed E-state index contributed by atoms with van der Waals surface area (Å²) in [5, 5.41) is 30.6. The molecule has 0 aliphatic heterocycles. The molecule has 3 N–H and O–H groups in total. The van der Waals surface area contributed by atoms with Crippen molar-refractivity contribution < 1.29 is 24.5 Å². The van der Waals surface area contributed by atoms with Gasteiger partial charge in [-0.05, 0) is 32.4 Å². The molecule has 0 saturated carbocycles. The van der Waals surface area contributed by atoms with Crippen molar-refractivity contribution in [2.45, 2.75) is 70.4 Å². The third-order valence-corrected chi connectivity index (χ3v) is 5.74. The highest BCUT2D eigenvalue weighted by Crippen LogP contribution is 2.34. The molecule has 0 bridgehead atoms. The molecular weight excluding hydrogens is 318 g/mol. The molecule has 0 spiro atoms. The normalized spacial score (nSPS) is 23.7. The first-order chi connectivity index (χ1) is 11.4. The Morgan fingerprint density at radius 1 is 1.16 bits per heavy atom. The van der Waals surface area contributed by atoms with E-state index in [1.807, 2.05) is 46.0 Å². The van der Waals surface area contributed by atoms with Gasteiger partial charge >= 0.3 is 0 Å². The van der Waals surface area contributed by atoms with Gasteiger partial charge in [0.1, 0.15) is 5.75 Å². The number of hydrogen-bond donors (Lipinski definition) is 3. The van der Waals surface area contributed by atoms with Crippen LogP contribution in [0.25, 0.3) is 0 Å². The van der Waals surface area contributed by atoms with E-state index in [9.17, 15) is 15.3 Å². The number of quaternary nitrogens is 1. The summed E-state index contributed by atoms with van der Waals surface area (Å²) in [7, 11) is 8.17. The van der Waals surface area contributed by atoms with Gasteiger partial charge in [-0.3, -0.25) is 4.48 Å². The zero-order valence-electron chi connectivity index (χ0n) is 16.0. The van der Waals surface area contributed by atoms with Crippen LogP contribution in [0.1, 0.15) is 45.2 Å². The smallest absolute Gasteiger partial charge is 0.209 e. The molecule has 0 amide bonds. The Morgan fingerprint density at radius 3 is 2.36 bits per heavy atom. The fraction of sp³-hybridized carbons (Fsp3) is 0.650. The van der Waals surface area contributed by atoms with Crippen LogP contribution >= 0.6 is 0 Å². The van der Waals surface area contributed by atoms with Gasteiger partial charge in [-0.15, -0.1) is 0 Å². The van der Waals surface area contributed by atoms with E-state index in [-0.39, 0.29) is 10.0 Å². The number of rotatable bonds is 5. The van der Waals surface area contributed by atoms with Crippen molar-refractivity contribution in [1.29, 1.82) is 0 Å². The molecule has 0 heterocycles. The van der Waals surface area contributed by atoms with Crippen molar-refractivity contribution in [3.05, 3.63) is 36.4 Å². The molecular formula is C20H32NO4+. The second-order valence-corrected chi connectivity index (χ2v) is 8.50. The number of ether oxygens (including phenoxy) is 1. The van der Waals surface area contributed by atoms with E-state index in [0.29, 0.717) is 31.6 Å². The van der Waals surface area contributed by atoms with E-state index in [1.54, 1.807) is 6.92 Å². The Kier molecular flexibility index (Phi) is 5.55. The molecule has 2 radical (unpaired) electrons. The van der Waals surface area contributed by atoms with Gasteiger partial charge in [-0.2, -0.15) is 0 Å². The first kappa shape index (κ1) is 20.2. The molecule has 0 aromatic heterocycles. The summed E-state index contributed by atoms with van der Waals surface area (Å²) in [4.78, 5) is 0. The summed E-state index contributed by atoms with van der Waals surface area (Å²) < 4.78 is 5.87. The van der Waals surface area contributed by atoms with Crippen molar-refractivity contribution in [3.63, 3.8) is 0 Å². The maximum absolute atomic E-state index is 10.9. The molecule has 5 heteroatoms. The van der Waals surface area contributed by atoms with Crippen LogP contribution in [0.2, 0.25) is 0 Å². The van der Waals surface area contributed by atoms with E-state index in [4.69, 9.17) is 11.8 Å². The summed E-state index contributed by atoms with van der Waals surface area (Å²) in [6.45, 7) is 8.00. The van der Waals surface area contributed by atoms with Crippen LogP contribution in [0.3, 0.4) is 0 Å². The predicted molar refractivity (Wildman–Crippen MR) is 96.8 cm³/mol. The number of aliphatic hydroxyl groups is 3. The second-order valence-electron chi connectivity index (χ2n) is 8.50. The van der Waals surface area contributed by atoms with Crippen LogP contribution in [0.5, 0.6) is 5.75 Å². The summed E-state index contributed by atoms with van der Waals surface area (Å²) in [6, 6.07) is 5.69. The zero-order chi connectivity index (χ0) is 19.0. The Morgan fingerprint density at radius 2 is 1.76 bits per heavy atom. The van der Waals surface area contributed by atoms with Crippen LogP contribution in [-0.2, 0) is 12.8 Å². The molecule has 5 nitrogen and oxygen atoms in total. The average Bonchev–Trinajstić information content (AvgIpc) is 2.47. The fourth-order valence-corrected chi connectivity index (χ4v) is 3.18. The lowest BCUT2D eigenvalue weighted by atomic mass is 9.87. The van der Waals surface area contributed by atoms with Gasteiger partial charge in [-0.1, -0.05) is 12.1 Å². The van der Waals surface area contributed by atoms with E-state index in [0.717, 1.165) is 11.1 Å². The molecule has 1 aromatic rings. The van der Waals surface area contributed by atoms with Gasteiger partial charge in [0.2, 0.25) is 12.8 Å². The average molecular weight is 350 g/mol. The minimum Gasteiger partial charge on any atom is -0.493 e. The third-order valence-electron chi connectivity index (χ3n) is 5.74. The highest BCUT2D eigenvalue weighted by atomic mass is 16.5. The standard InChI is InChI=1S/C20H32NO4/c1-19(2,3)21(5,6)20(4,24)10-11-25-18-9-7-8-14-12-16(22)17(23)13-15(14)18/h5,7-9,16-17,22-24H,10-13H2,1-4,6H3/q+1. The van der Waals surface area contributed by atoms with Crippen molar-refractivity contribution >= 4 is 0 Å². The number of aliphatic hydroxyl groups excluding tert-OH is 2. The first-order valence-electron chi connectivity index (χ1n) is 8.84. The van der Waals surface area contributed by atoms with Crippen LogP contribution in [-0.4, -0.2) is 56.9 Å². The van der Waals surface area contributed by atoms with Crippen LogP contribution in [0.15, 0.2) is 18.2 Å². The Hall–Kier alpha value is -1.14. The molecule has 140 valence electrons. The van der Waals surface area contributed by atoms with Gasteiger partial charge in [-0.25, -0.2) is 0 Å². The highest BCUT2D eigenvalue weighted by Gasteiger charge is 2.48. The van der Waals surface area contributed by atoms with Crippen molar-refractivity contribution in [2.24, 2.45) is 0 Å². The van der Waals surface area contributed by atoms with Gasteiger partial charge in [0.25, 0.3) is 0 Å². The lowest BCUT2D eigenvalue weighted by molar-refractivity contribution is -0.983. The molecule has 4 unspecified atom stereocenters. The predicted octanol–water partition coefficient (Wildman–Crippen LogP) is 1.90. The molecule has 4 atom stereocenters. The minimum absolute atomic E-state index is 0.0405. The van der Waals surface area contributed by atoms with Gasteiger partial charge in [0, 0.05) is 25.3 Å². The van der Waals surface area contributed by atoms with Crippen molar-refractivity contribution in [3.8, 4) is 5.75 Å². The quantitative estimate of drug-likeness (QED) is 0.560. The number of hydrogen-bond acceptors (Lipinski definition) is 4. The Balaban J connectivity index is 2.07. The van der Waals surface area contributed by atoms with E-state index in [2.05, 4.69) is 0 Å². The summed E-state index contributed by atoms with van der Waals surface area (Å²) in [5.74, 6) is 0.696. The molecule has 1 aliphatic carbocycles. The maximum Gasteiger partial charge on any atom is 0.209 e. The molecule has 0 fully saturated rings. The van der Waals surface area contributed by atoms with Gasteiger partial charge < -0.3 is 20.1 Å². The molecule has 2 rings (SSSR count). The molecule has 0 saturated heterocycles. The summed E-state index contributed by atoms with van der Waals surface area (Å²) in [6.07, 6.45) is -0.342. The fourth-order valence-electron chi connectivity index (χ4n) is 3.18. The maximum atomic E-state index is 10.9. The second kappa shape index (κ2) is 6.88. The van der Waals surface area contributed by atoms with Crippen LogP contribution < -0.4 is 4.74 Å². The van der Waals surface area contributed by atoms with Gasteiger partial charge in [0.05, 0.1) is 37.8 Å². The van der Waals surface area contributed by atoms with Crippen molar-refractivity contribution in [2.75, 3.05) is 13.7 Å². The third kappa shape index (κ3) is 4.00. The number of benzene rings is 1. The first-order valence-corrected chi connectivity index (χ1v) is 8.84. The van der Waals surface area contributed by atoms with Crippen LogP contribution in [0.4, 0.5) is 0 Å². The van der Waals surface area contributed by atoms with E-state index < -0.39 is 17.9 Å². The number of fused-ring (bicyclic) bond motifs is 1. The van der Waals surface area contributed by atoms with Crippen LogP contribution in [0, 0.1) is 7.05 Å². The lowest BCUT2D eigenvalue weighted by Crippen LogP contribution is -2.65. The molecule has 1 aliphatic rings. The van der Waals surface area contributed by atoms with E-state index in [1.165, 1.54) is 0 Å². The topological polar surface area (TPSA) is 69.9 Å². The van der Waals surface area contributed by atoms with Gasteiger partial charge in [0.15, 0.2) is 0 Å². The zero-order valence-corrected chi connectivity index (χ0v) is 16.0. The SMILES string of the molecule is [CH][N+](C)(C(C)(C)C)C(C)(O)CCOc1cccc2c1CC(O)C(O)C2. The molecule has 1 aromatic carbocycles. The highest BCUT2D eigenvalue weighted by molar-refractivity contribution is 5.43. The number of nitrogens with zero attached hydrogens (tertiary/aromatic N) is 1. The Bertz CT molecular complexity index is 604.